The molecular formula is C12H16ClNO4S. The van der Waals surface area contributed by atoms with Gasteiger partial charge in [0.2, 0.25) is 0 Å². The van der Waals surface area contributed by atoms with Crippen molar-refractivity contribution in [3.05, 3.63) is 28.8 Å². The standard InChI is InChI=1S/C12H16ClNO4S/c1-14(2)6-3-7-19(17,18)9-4-5-11(13)10(8-9)12(15)16/h4-5,8H,3,6-7H2,1-2H3,(H,15,16). The van der Waals surface area contributed by atoms with Gasteiger partial charge in [-0.2, -0.15) is 0 Å². The Bertz CT molecular complexity index is 569. The Labute approximate surface area is 117 Å². The molecule has 0 atom stereocenters. The molecule has 1 N–H and O–H groups in total. The van der Waals surface area contributed by atoms with Gasteiger partial charge in [0, 0.05) is 0 Å². The van der Waals surface area contributed by atoms with E-state index in [1.165, 1.54) is 12.1 Å². The number of rotatable bonds is 6. The maximum absolute atomic E-state index is 12.0. The molecule has 0 aliphatic heterocycles. The molecule has 0 fully saturated rings. The highest BCUT2D eigenvalue weighted by atomic mass is 35.5. The number of aromatic carboxylic acids is 1. The lowest BCUT2D eigenvalue weighted by molar-refractivity contribution is 0.0697. The van der Waals surface area contributed by atoms with Crippen molar-refractivity contribution in [1.82, 2.24) is 4.90 Å². The molecule has 1 aromatic rings. The minimum absolute atomic E-state index is 0.00643. The van der Waals surface area contributed by atoms with Crippen molar-refractivity contribution >= 4 is 27.4 Å². The maximum atomic E-state index is 12.0. The van der Waals surface area contributed by atoms with E-state index in [2.05, 4.69) is 0 Å². The molecule has 0 spiro atoms. The molecule has 106 valence electrons. The summed E-state index contributed by atoms with van der Waals surface area (Å²) in [5.74, 6) is -1.26. The van der Waals surface area contributed by atoms with Crippen molar-refractivity contribution in [2.45, 2.75) is 11.3 Å². The highest BCUT2D eigenvalue weighted by molar-refractivity contribution is 7.91. The Hall–Kier alpha value is -1.11. The number of benzene rings is 1. The van der Waals surface area contributed by atoms with E-state index in [1.807, 2.05) is 19.0 Å². The first kappa shape index (κ1) is 15.9. The predicted molar refractivity (Wildman–Crippen MR) is 73.6 cm³/mol. The van der Waals surface area contributed by atoms with Gasteiger partial charge in [0.1, 0.15) is 0 Å². The van der Waals surface area contributed by atoms with Crippen LogP contribution in [0.2, 0.25) is 5.02 Å². The van der Waals surface area contributed by atoms with Crippen molar-refractivity contribution in [3.8, 4) is 0 Å². The lowest BCUT2D eigenvalue weighted by Crippen LogP contribution is -2.17. The number of carboxylic acids is 1. The number of halogens is 1. The first-order valence-corrected chi connectivity index (χ1v) is 7.67. The molecule has 0 unspecified atom stereocenters. The lowest BCUT2D eigenvalue weighted by atomic mass is 10.2. The summed E-state index contributed by atoms with van der Waals surface area (Å²) in [6.07, 6.45) is 0.486. The highest BCUT2D eigenvalue weighted by Crippen LogP contribution is 2.21. The van der Waals surface area contributed by atoms with Crippen LogP contribution in [0.4, 0.5) is 0 Å². The van der Waals surface area contributed by atoms with Gasteiger partial charge < -0.3 is 10.0 Å². The zero-order chi connectivity index (χ0) is 14.6. The topological polar surface area (TPSA) is 74.7 Å². The zero-order valence-corrected chi connectivity index (χ0v) is 12.3. The normalized spacial score (nSPS) is 11.8. The summed E-state index contributed by atoms with van der Waals surface area (Å²) in [6, 6.07) is 3.74. The summed E-state index contributed by atoms with van der Waals surface area (Å²) in [5, 5.41) is 8.95. The second kappa shape index (κ2) is 6.36. The van der Waals surface area contributed by atoms with Crippen molar-refractivity contribution < 1.29 is 18.3 Å². The Morgan fingerprint density at radius 2 is 2.00 bits per heavy atom. The summed E-state index contributed by atoms with van der Waals surface area (Å²) < 4.78 is 24.1. The Morgan fingerprint density at radius 3 is 2.53 bits per heavy atom. The largest absolute Gasteiger partial charge is 0.478 e. The third-order valence-corrected chi connectivity index (χ3v) is 4.67. The molecule has 1 aromatic carbocycles. The molecule has 5 nitrogen and oxygen atoms in total. The van der Waals surface area contributed by atoms with Crippen LogP contribution in [0.3, 0.4) is 0 Å². The summed E-state index contributed by atoms with van der Waals surface area (Å²) in [7, 11) is 0.240. The summed E-state index contributed by atoms with van der Waals surface area (Å²) in [4.78, 5) is 12.8. The molecule has 0 aliphatic rings. The number of sulfone groups is 1. The van der Waals surface area contributed by atoms with Crippen molar-refractivity contribution in [2.75, 3.05) is 26.4 Å². The summed E-state index contributed by atoms with van der Waals surface area (Å²) in [6.45, 7) is 0.651. The maximum Gasteiger partial charge on any atom is 0.337 e. The number of carboxylic acid groups (broad SMARTS) is 1. The SMILES string of the molecule is CN(C)CCCS(=O)(=O)c1ccc(Cl)c(C(=O)O)c1. The average Bonchev–Trinajstić information content (AvgIpc) is 2.27. The van der Waals surface area contributed by atoms with Crippen LogP contribution < -0.4 is 0 Å². The highest BCUT2D eigenvalue weighted by Gasteiger charge is 2.18. The number of hydrogen-bond acceptors (Lipinski definition) is 4. The van der Waals surface area contributed by atoms with E-state index >= 15 is 0 Å². The van der Waals surface area contributed by atoms with Gasteiger partial charge in [-0.15, -0.1) is 0 Å². The second-order valence-corrected chi connectivity index (χ2v) is 6.94. The fourth-order valence-electron chi connectivity index (χ4n) is 1.55. The van der Waals surface area contributed by atoms with Gasteiger partial charge in [0.15, 0.2) is 9.84 Å². The van der Waals surface area contributed by atoms with E-state index in [1.54, 1.807) is 0 Å². The first-order chi connectivity index (χ1) is 8.74. The van der Waals surface area contributed by atoms with Crippen LogP contribution in [-0.4, -0.2) is 50.8 Å². The van der Waals surface area contributed by atoms with Gasteiger partial charge in [-0.05, 0) is 45.3 Å². The zero-order valence-electron chi connectivity index (χ0n) is 10.8. The van der Waals surface area contributed by atoms with Crippen LogP contribution in [0.5, 0.6) is 0 Å². The molecule has 0 saturated heterocycles. The molecule has 19 heavy (non-hydrogen) atoms. The minimum atomic E-state index is -3.48. The number of carbonyl (C=O) groups is 1. The molecule has 0 saturated carbocycles. The van der Waals surface area contributed by atoms with Crippen LogP contribution in [0.1, 0.15) is 16.8 Å². The molecule has 7 heteroatoms. The smallest absolute Gasteiger partial charge is 0.337 e. The monoisotopic (exact) mass is 305 g/mol. The van der Waals surface area contributed by atoms with Crippen molar-refractivity contribution in [1.29, 1.82) is 0 Å². The molecular weight excluding hydrogens is 290 g/mol. The third-order valence-electron chi connectivity index (χ3n) is 2.55. The average molecular weight is 306 g/mol. The molecule has 1 rings (SSSR count). The second-order valence-electron chi connectivity index (χ2n) is 4.42. The van der Waals surface area contributed by atoms with E-state index in [9.17, 15) is 13.2 Å². The fourth-order valence-corrected chi connectivity index (χ4v) is 3.07. The quantitative estimate of drug-likeness (QED) is 0.867. The Morgan fingerprint density at radius 1 is 1.37 bits per heavy atom. The van der Waals surface area contributed by atoms with Crippen LogP contribution in [-0.2, 0) is 9.84 Å². The van der Waals surface area contributed by atoms with Gasteiger partial charge in [0.25, 0.3) is 0 Å². The van der Waals surface area contributed by atoms with Gasteiger partial charge in [-0.1, -0.05) is 11.6 Å². The van der Waals surface area contributed by atoms with E-state index in [-0.39, 0.29) is 21.2 Å². The van der Waals surface area contributed by atoms with Crippen molar-refractivity contribution in [3.63, 3.8) is 0 Å². The molecule has 0 amide bonds. The summed E-state index contributed by atoms with van der Waals surface area (Å²) in [5.41, 5.74) is -0.199. The van der Waals surface area contributed by atoms with E-state index in [0.717, 1.165) is 6.07 Å². The Balaban J connectivity index is 2.96. The van der Waals surface area contributed by atoms with E-state index in [0.29, 0.717) is 13.0 Å². The van der Waals surface area contributed by atoms with Crippen LogP contribution in [0.25, 0.3) is 0 Å². The molecule has 0 radical (unpaired) electrons. The van der Waals surface area contributed by atoms with E-state index < -0.39 is 15.8 Å². The molecule has 0 bridgehead atoms. The van der Waals surface area contributed by atoms with Crippen molar-refractivity contribution in [2.24, 2.45) is 0 Å². The molecule has 0 heterocycles. The fraction of sp³-hybridized carbons (Fsp3) is 0.417. The van der Waals surface area contributed by atoms with Gasteiger partial charge >= 0.3 is 5.97 Å². The lowest BCUT2D eigenvalue weighted by Gasteiger charge is -2.10. The van der Waals surface area contributed by atoms with Gasteiger partial charge in [-0.25, -0.2) is 13.2 Å². The summed E-state index contributed by atoms with van der Waals surface area (Å²) >= 11 is 5.70. The molecule has 0 aromatic heterocycles. The van der Waals surface area contributed by atoms with Crippen LogP contribution >= 0.6 is 11.6 Å². The Kier molecular flexibility index (Phi) is 5.34. The van der Waals surface area contributed by atoms with E-state index in [4.69, 9.17) is 16.7 Å². The van der Waals surface area contributed by atoms with Crippen LogP contribution in [0.15, 0.2) is 23.1 Å². The number of nitrogens with zero attached hydrogens (tertiary/aromatic N) is 1. The van der Waals surface area contributed by atoms with Crippen LogP contribution in [0, 0.1) is 0 Å². The third kappa shape index (κ3) is 4.49. The molecule has 0 aliphatic carbocycles. The van der Waals surface area contributed by atoms with Gasteiger partial charge in [-0.3, -0.25) is 0 Å². The van der Waals surface area contributed by atoms with Gasteiger partial charge in [0.05, 0.1) is 21.2 Å². The predicted octanol–water partition coefficient (Wildman–Crippen LogP) is 1.76. The first-order valence-electron chi connectivity index (χ1n) is 5.64. The minimum Gasteiger partial charge on any atom is -0.478 e. The number of hydrogen-bond donors (Lipinski definition) is 1.